The predicted molar refractivity (Wildman–Crippen MR) is 102 cm³/mol. The van der Waals surface area contributed by atoms with Crippen molar-refractivity contribution in [2.24, 2.45) is 5.73 Å². The van der Waals surface area contributed by atoms with Gasteiger partial charge in [-0.1, -0.05) is 43.5 Å². The van der Waals surface area contributed by atoms with Gasteiger partial charge in [0.2, 0.25) is 11.8 Å². The van der Waals surface area contributed by atoms with Crippen molar-refractivity contribution >= 4 is 53.1 Å². The molecule has 5 nitrogen and oxygen atoms in total. The normalized spacial score (nSPS) is 11.4. The second kappa shape index (κ2) is 11.5. The van der Waals surface area contributed by atoms with Gasteiger partial charge in [-0.3, -0.25) is 9.59 Å². The maximum Gasteiger partial charge on any atom is 0.244 e. The Labute approximate surface area is 159 Å². The van der Waals surface area contributed by atoms with Gasteiger partial charge in [0.25, 0.3) is 0 Å². The summed E-state index contributed by atoms with van der Waals surface area (Å²) in [6, 6.07) is 4.23. The second-order valence-electron chi connectivity index (χ2n) is 5.33. The molecule has 0 fully saturated rings. The molecule has 0 heterocycles. The fourth-order valence-corrected chi connectivity index (χ4v) is 2.62. The van der Waals surface area contributed by atoms with Gasteiger partial charge in [-0.05, 0) is 31.0 Å². The van der Waals surface area contributed by atoms with Crippen LogP contribution >= 0.6 is 35.6 Å². The fraction of sp³-hybridized carbons (Fsp3) is 0.500. The summed E-state index contributed by atoms with van der Waals surface area (Å²) in [5.74, 6) is -0.522. The van der Waals surface area contributed by atoms with Gasteiger partial charge in [-0.2, -0.15) is 0 Å². The lowest BCUT2D eigenvalue weighted by atomic mass is 10.1. The van der Waals surface area contributed by atoms with E-state index in [1.54, 1.807) is 18.2 Å². The first-order valence-corrected chi connectivity index (χ1v) is 8.43. The van der Waals surface area contributed by atoms with Crippen LogP contribution in [0.2, 0.25) is 10.0 Å². The van der Waals surface area contributed by atoms with E-state index in [1.165, 1.54) is 4.90 Å². The largest absolute Gasteiger partial charge is 0.332 e. The first kappa shape index (κ1) is 23.0. The van der Waals surface area contributed by atoms with Crippen LogP contribution in [0.1, 0.15) is 33.1 Å². The molecule has 0 saturated heterocycles. The van der Waals surface area contributed by atoms with Crippen molar-refractivity contribution in [3.63, 3.8) is 0 Å². The number of carbonyl (C=O) groups excluding carboxylic acids is 2. The fourth-order valence-electron chi connectivity index (χ4n) is 2.16. The standard InChI is InChI=1S/C16H23Cl2N3O2.ClH/c1-3-5-13(19)16(23)21(8-4-2)10-15(22)20-14-7-6-11(17)9-12(14)18;/h6-7,9,13H,3-5,8,10,19H2,1-2H3,(H,20,22);1H. The molecule has 1 aromatic rings. The van der Waals surface area contributed by atoms with Crippen LogP contribution in [-0.4, -0.2) is 35.8 Å². The molecule has 0 spiro atoms. The quantitative estimate of drug-likeness (QED) is 0.703. The van der Waals surface area contributed by atoms with Crippen molar-refractivity contribution in [3.8, 4) is 0 Å². The zero-order valence-corrected chi connectivity index (χ0v) is 16.2. The Balaban J connectivity index is 0.00000529. The number of nitrogens with one attached hydrogen (secondary N) is 1. The first-order chi connectivity index (χ1) is 10.9. The van der Waals surface area contributed by atoms with E-state index >= 15 is 0 Å². The molecular weight excluding hydrogens is 373 g/mol. The molecule has 8 heteroatoms. The second-order valence-corrected chi connectivity index (χ2v) is 6.17. The van der Waals surface area contributed by atoms with Crippen LogP contribution in [0.15, 0.2) is 18.2 Å². The molecule has 0 radical (unpaired) electrons. The van der Waals surface area contributed by atoms with Crippen molar-refractivity contribution in [1.82, 2.24) is 4.90 Å². The first-order valence-electron chi connectivity index (χ1n) is 7.68. The van der Waals surface area contributed by atoms with Crippen LogP contribution in [0.3, 0.4) is 0 Å². The number of hydrogen-bond donors (Lipinski definition) is 2. The Kier molecular flexibility index (Phi) is 11.0. The van der Waals surface area contributed by atoms with Gasteiger partial charge in [0.1, 0.15) is 0 Å². The molecule has 1 aromatic carbocycles. The summed E-state index contributed by atoms with van der Waals surface area (Å²) in [6.07, 6.45) is 2.17. The van der Waals surface area contributed by atoms with Crippen LogP contribution in [0, 0.1) is 0 Å². The van der Waals surface area contributed by atoms with E-state index in [9.17, 15) is 9.59 Å². The maximum absolute atomic E-state index is 12.3. The molecule has 0 aliphatic rings. The molecule has 3 N–H and O–H groups in total. The summed E-state index contributed by atoms with van der Waals surface area (Å²) in [5.41, 5.74) is 6.33. The SMILES string of the molecule is CCCC(N)C(=O)N(CCC)CC(=O)Nc1ccc(Cl)cc1Cl.Cl. The number of amides is 2. The molecule has 0 aromatic heterocycles. The number of benzene rings is 1. The average molecular weight is 397 g/mol. The summed E-state index contributed by atoms with van der Waals surface area (Å²) in [5, 5.41) is 3.52. The van der Waals surface area contributed by atoms with Gasteiger partial charge in [0.15, 0.2) is 0 Å². The molecule has 0 bridgehead atoms. The van der Waals surface area contributed by atoms with Crippen molar-refractivity contribution in [3.05, 3.63) is 28.2 Å². The molecular formula is C16H24Cl3N3O2. The van der Waals surface area contributed by atoms with Crippen molar-refractivity contribution in [2.75, 3.05) is 18.4 Å². The third-order valence-electron chi connectivity index (χ3n) is 3.26. The smallest absolute Gasteiger partial charge is 0.244 e. The highest BCUT2D eigenvalue weighted by Crippen LogP contribution is 2.25. The van der Waals surface area contributed by atoms with Gasteiger partial charge in [-0.25, -0.2) is 0 Å². The molecule has 1 atom stereocenters. The third kappa shape index (κ3) is 7.26. The summed E-state index contributed by atoms with van der Waals surface area (Å²) in [7, 11) is 0. The summed E-state index contributed by atoms with van der Waals surface area (Å²) >= 11 is 11.8. The topological polar surface area (TPSA) is 75.4 Å². The summed E-state index contributed by atoms with van der Waals surface area (Å²) in [4.78, 5) is 26.0. The van der Waals surface area contributed by atoms with Crippen LogP contribution in [0.25, 0.3) is 0 Å². The third-order valence-corrected chi connectivity index (χ3v) is 3.81. The van der Waals surface area contributed by atoms with E-state index in [-0.39, 0.29) is 30.8 Å². The average Bonchev–Trinajstić information content (AvgIpc) is 2.49. The van der Waals surface area contributed by atoms with Crippen LogP contribution in [-0.2, 0) is 9.59 Å². The highest BCUT2D eigenvalue weighted by molar-refractivity contribution is 6.36. The molecule has 0 saturated carbocycles. The lowest BCUT2D eigenvalue weighted by Gasteiger charge is -2.24. The maximum atomic E-state index is 12.3. The Morgan fingerprint density at radius 2 is 1.92 bits per heavy atom. The zero-order valence-electron chi connectivity index (χ0n) is 13.9. The monoisotopic (exact) mass is 395 g/mol. The lowest BCUT2D eigenvalue weighted by molar-refractivity contribution is -0.136. The summed E-state index contributed by atoms with van der Waals surface area (Å²) < 4.78 is 0. The molecule has 1 rings (SSSR count). The number of nitrogens with two attached hydrogens (primary N) is 1. The minimum Gasteiger partial charge on any atom is -0.332 e. The van der Waals surface area contributed by atoms with E-state index in [1.807, 2.05) is 13.8 Å². The van der Waals surface area contributed by atoms with Crippen LogP contribution in [0.4, 0.5) is 5.69 Å². The summed E-state index contributed by atoms with van der Waals surface area (Å²) in [6.45, 7) is 4.34. The molecule has 0 aliphatic carbocycles. The van der Waals surface area contributed by atoms with Crippen molar-refractivity contribution < 1.29 is 9.59 Å². The molecule has 136 valence electrons. The molecule has 1 unspecified atom stereocenters. The Bertz CT molecular complexity index is 555. The Morgan fingerprint density at radius 1 is 1.25 bits per heavy atom. The minimum absolute atomic E-state index is 0. The minimum atomic E-state index is -0.571. The van der Waals surface area contributed by atoms with E-state index in [0.29, 0.717) is 28.7 Å². The Hall–Kier alpha value is -1.01. The number of carbonyl (C=O) groups is 2. The van der Waals surface area contributed by atoms with Crippen LogP contribution < -0.4 is 11.1 Å². The van der Waals surface area contributed by atoms with Gasteiger partial charge in [0.05, 0.1) is 23.3 Å². The number of halogens is 3. The molecule has 24 heavy (non-hydrogen) atoms. The molecule has 2 amide bonds. The van der Waals surface area contributed by atoms with E-state index < -0.39 is 6.04 Å². The van der Waals surface area contributed by atoms with E-state index in [4.69, 9.17) is 28.9 Å². The number of rotatable bonds is 8. The number of nitrogens with zero attached hydrogens (tertiary/aromatic N) is 1. The number of anilines is 1. The van der Waals surface area contributed by atoms with Crippen molar-refractivity contribution in [2.45, 2.75) is 39.2 Å². The highest BCUT2D eigenvalue weighted by Gasteiger charge is 2.22. The van der Waals surface area contributed by atoms with Gasteiger partial charge in [0, 0.05) is 11.6 Å². The van der Waals surface area contributed by atoms with Crippen LogP contribution in [0.5, 0.6) is 0 Å². The number of hydrogen-bond acceptors (Lipinski definition) is 3. The van der Waals surface area contributed by atoms with Crippen molar-refractivity contribution in [1.29, 1.82) is 0 Å². The van der Waals surface area contributed by atoms with E-state index in [0.717, 1.165) is 12.8 Å². The van der Waals surface area contributed by atoms with Gasteiger partial charge < -0.3 is 16.0 Å². The van der Waals surface area contributed by atoms with Gasteiger partial charge >= 0.3 is 0 Å². The molecule has 0 aliphatic heterocycles. The highest BCUT2D eigenvalue weighted by atomic mass is 35.5. The Morgan fingerprint density at radius 3 is 2.46 bits per heavy atom. The zero-order chi connectivity index (χ0) is 17.4. The predicted octanol–water partition coefficient (Wildman–Crippen LogP) is 3.72. The van der Waals surface area contributed by atoms with E-state index in [2.05, 4.69) is 5.32 Å². The van der Waals surface area contributed by atoms with Gasteiger partial charge in [-0.15, -0.1) is 12.4 Å². The lowest BCUT2D eigenvalue weighted by Crippen LogP contribution is -2.47.